The van der Waals surface area contributed by atoms with E-state index in [1.165, 1.54) is 5.52 Å². The van der Waals surface area contributed by atoms with Crippen LogP contribution in [0.1, 0.15) is 0 Å². The van der Waals surface area contributed by atoms with Gasteiger partial charge in [-0.25, -0.2) is 0 Å². The van der Waals surface area contributed by atoms with Crippen molar-refractivity contribution in [3.63, 3.8) is 0 Å². The van der Waals surface area contributed by atoms with E-state index in [2.05, 4.69) is 26.7 Å². The lowest BCUT2D eigenvalue weighted by atomic mass is 10.3. The average Bonchev–Trinajstić information content (AvgIpc) is 2.56. The Balaban J connectivity index is 2.64. The summed E-state index contributed by atoms with van der Waals surface area (Å²) in [6, 6.07) is 8.20. The fourth-order valence-electron chi connectivity index (χ4n) is 1.59. The molecule has 3 rings (SSSR count). The molecule has 0 aliphatic carbocycles. The van der Waals surface area contributed by atoms with Crippen LogP contribution in [-0.4, -0.2) is 14.6 Å². The monoisotopic (exact) mass is 169 g/mol. The summed E-state index contributed by atoms with van der Waals surface area (Å²) >= 11 is 0. The Bertz CT molecular complexity index is 518. The first-order chi connectivity index (χ1) is 6.45. The zero-order chi connectivity index (χ0) is 8.67. The fraction of sp³-hybridized carbons (Fsp3) is 0. The van der Waals surface area contributed by atoms with Crippen molar-refractivity contribution in [1.82, 2.24) is 14.6 Å². The van der Waals surface area contributed by atoms with Gasteiger partial charge in [-0.2, -0.15) is 10.2 Å². The molecule has 13 heavy (non-hydrogen) atoms. The minimum Gasteiger partial charge on any atom is -0.315 e. The Kier molecular flexibility index (Phi) is 1.16. The lowest BCUT2D eigenvalue weighted by Crippen LogP contribution is -1.83. The molecule has 0 saturated carbocycles. The molecule has 0 aromatic carbocycles. The SMILES string of the molecule is c1ccn2c(c1)cc1cnncc12. The first-order valence-corrected chi connectivity index (χ1v) is 4.12. The highest BCUT2D eigenvalue weighted by atomic mass is 15.1. The predicted molar refractivity (Wildman–Crippen MR) is 50.5 cm³/mol. The van der Waals surface area contributed by atoms with Crippen LogP contribution in [-0.2, 0) is 0 Å². The molecule has 3 aromatic heterocycles. The number of hydrogen-bond acceptors (Lipinski definition) is 2. The van der Waals surface area contributed by atoms with Crippen molar-refractivity contribution in [2.75, 3.05) is 0 Å². The van der Waals surface area contributed by atoms with Crippen molar-refractivity contribution in [2.24, 2.45) is 0 Å². The summed E-state index contributed by atoms with van der Waals surface area (Å²) in [5.41, 5.74) is 2.28. The predicted octanol–water partition coefficient (Wildman–Crippen LogP) is 1.88. The van der Waals surface area contributed by atoms with Crippen LogP contribution in [0.25, 0.3) is 16.4 Å². The second-order valence-corrected chi connectivity index (χ2v) is 2.97. The minimum absolute atomic E-state index is 1.10. The third-order valence-electron chi connectivity index (χ3n) is 2.19. The number of pyridine rings is 1. The third-order valence-corrected chi connectivity index (χ3v) is 2.19. The maximum absolute atomic E-state index is 3.86. The Hall–Kier alpha value is -1.90. The van der Waals surface area contributed by atoms with E-state index in [1.807, 2.05) is 18.3 Å². The summed E-state index contributed by atoms with van der Waals surface area (Å²) in [4.78, 5) is 0. The number of nitrogens with zero attached hydrogens (tertiary/aromatic N) is 3. The normalized spacial score (nSPS) is 11.1. The standard InChI is InChI=1S/C10H7N3/c1-2-4-13-9(3-1)5-8-6-11-12-7-10(8)13/h1-7H. The number of aromatic nitrogens is 3. The number of fused-ring (bicyclic) bond motifs is 3. The number of hydrogen-bond donors (Lipinski definition) is 0. The quantitative estimate of drug-likeness (QED) is 0.514. The van der Waals surface area contributed by atoms with Gasteiger partial charge in [-0.05, 0) is 18.2 Å². The molecule has 3 heteroatoms. The molecule has 62 valence electrons. The van der Waals surface area contributed by atoms with Gasteiger partial charge in [-0.3, -0.25) is 0 Å². The lowest BCUT2D eigenvalue weighted by molar-refractivity contribution is 1.04. The van der Waals surface area contributed by atoms with Crippen LogP contribution in [0.5, 0.6) is 0 Å². The van der Waals surface area contributed by atoms with Gasteiger partial charge in [0.2, 0.25) is 0 Å². The van der Waals surface area contributed by atoms with E-state index in [4.69, 9.17) is 0 Å². The van der Waals surface area contributed by atoms with Gasteiger partial charge in [0, 0.05) is 17.1 Å². The van der Waals surface area contributed by atoms with Crippen LogP contribution >= 0.6 is 0 Å². The van der Waals surface area contributed by atoms with Crippen molar-refractivity contribution < 1.29 is 0 Å². The van der Waals surface area contributed by atoms with Crippen LogP contribution in [0.3, 0.4) is 0 Å². The molecular formula is C10H7N3. The van der Waals surface area contributed by atoms with Crippen molar-refractivity contribution in [3.8, 4) is 0 Å². The average molecular weight is 169 g/mol. The zero-order valence-corrected chi connectivity index (χ0v) is 6.88. The summed E-state index contributed by atoms with van der Waals surface area (Å²) in [6.45, 7) is 0. The van der Waals surface area contributed by atoms with Crippen molar-refractivity contribution in [3.05, 3.63) is 42.9 Å². The second kappa shape index (κ2) is 2.29. The summed E-state index contributed by atoms with van der Waals surface area (Å²) in [5.74, 6) is 0. The van der Waals surface area contributed by atoms with E-state index in [9.17, 15) is 0 Å². The van der Waals surface area contributed by atoms with E-state index in [1.54, 1.807) is 12.4 Å². The van der Waals surface area contributed by atoms with Gasteiger partial charge in [0.1, 0.15) is 0 Å². The minimum atomic E-state index is 1.10. The van der Waals surface area contributed by atoms with Gasteiger partial charge >= 0.3 is 0 Å². The molecule has 3 heterocycles. The first kappa shape index (κ1) is 6.60. The van der Waals surface area contributed by atoms with Crippen molar-refractivity contribution >= 4 is 16.4 Å². The molecule has 3 nitrogen and oxygen atoms in total. The van der Waals surface area contributed by atoms with E-state index in [0.29, 0.717) is 0 Å². The van der Waals surface area contributed by atoms with Crippen LogP contribution < -0.4 is 0 Å². The molecule has 0 fully saturated rings. The van der Waals surface area contributed by atoms with Crippen molar-refractivity contribution in [2.45, 2.75) is 0 Å². The highest BCUT2D eigenvalue weighted by molar-refractivity contribution is 5.85. The Morgan fingerprint density at radius 3 is 3.00 bits per heavy atom. The molecule has 0 radical (unpaired) electrons. The topological polar surface area (TPSA) is 30.2 Å². The van der Waals surface area contributed by atoms with Gasteiger partial charge in [-0.15, -0.1) is 0 Å². The number of rotatable bonds is 0. The Morgan fingerprint density at radius 2 is 2.00 bits per heavy atom. The summed E-state index contributed by atoms with van der Waals surface area (Å²) < 4.78 is 2.10. The molecule has 0 aliphatic rings. The van der Waals surface area contributed by atoms with E-state index in [0.717, 1.165) is 10.9 Å². The van der Waals surface area contributed by atoms with Gasteiger partial charge in [0.25, 0.3) is 0 Å². The maximum Gasteiger partial charge on any atom is 0.0747 e. The van der Waals surface area contributed by atoms with Gasteiger partial charge in [-0.1, -0.05) is 6.07 Å². The third kappa shape index (κ3) is 0.839. The highest BCUT2D eigenvalue weighted by Gasteiger charge is 1.99. The molecule has 0 atom stereocenters. The molecule has 0 N–H and O–H groups in total. The van der Waals surface area contributed by atoms with Crippen LogP contribution in [0.4, 0.5) is 0 Å². The fourth-order valence-corrected chi connectivity index (χ4v) is 1.59. The maximum atomic E-state index is 3.86. The molecule has 0 bridgehead atoms. The molecule has 0 aliphatic heterocycles. The zero-order valence-electron chi connectivity index (χ0n) is 6.88. The summed E-state index contributed by atoms with van der Waals surface area (Å²) in [6.07, 6.45) is 5.59. The van der Waals surface area contributed by atoms with E-state index in [-0.39, 0.29) is 0 Å². The lowest BCUT2D eigenvalue weighted by Gasteiger charge is -1.93. The largest absolute Gasteiger partial charge is 0.315 e. The molecule has 3 aromatic rings. The highest BCUT2D eigenvalue weighted by Crippen LogP contribution is 2.17. The molecule has 0 spiro atoms. The second-order valence-electron chi connectivity index (χ2n) is 2.97. The van der Waals surface area contributed by atoms with Crippen molar-refractivity contribution in [1.29, 1.82) is 0 Å². The molecule has 0 amide bonds. The molecule has 0 unspecified atom stereocenters. The van der Waals surface area contributed by atoms with Gasteiger partial charge in [0.05, 0.1) is 17.9 Å². The summed E-state index contributed by atoms with van der Waals surface area (Å²) in [5, 5.41) is 8.84. The van der Waals surface area contributed by atoms with Crippen LogP contribution in [0, 0.1) is 0 Å². The molecule has 0 saturated heterocycles. The van der Waals surface area contributed by atoms with E-state index >= 15 is 0 Å². The Labute approximate surface area is 74.6 Å². The van der Waals surface area contributed by atoms with Gasteiger partial charge in [0.15, 0.2) is 0 Å². The molecular weight excluding hydrogens is 162 g/mol. The first-order valence-electron chi connectivity index (χ1n) is 4.12. The van der Waals surface area contributed by atoms with Crippen LogP contribution in [0.2, 0.25) is 0 Å². The smallest absolute Gasteiger partial charge is 0.0747 e. The van der Waals surface area contributed by atoms with Crippen LogP contribution in [0.15, 0.2) is 42.9 Å². The summed E-state index contributed by atoms with van der Waals surface area (Å²) in [7, 11) is 0. The van der Waals surface area contributed by atoms with Gasteiger partial charge < -0.3 is 4.40 Å². The van der Waals surface area contributed by atoms with E-state index < -0.39 is 0 Å². The Morgan fingerprint density at radius 1 is 1.08 bits per heavy atom.